The first-order chi connectivity index (χ1) is 7.06. The normalized spacial score (nSPS) is 10.9. The molecule has 0 aliphatic carbocycles. The van der Waals surface area contributed by atoms with Gasteiger partial charge in [0, 0.05) is 6.61 Å². The van der Waals surface area contributed by atoms with Crippen molar-refractivity contribution >= 4 is 0 Å². The van der Waals surface area contributed by atoms with Crippen molar-refractivity contribution in [2.45, 2.75) is 33.3 Å². The molecule has 0 fully saturated rings. The average molecular weight is 214 g/mol. The Morgan fingerprint density at radius 3 is 2.13 bits per heavy atom. The molecule has 0 saturated carbocycles. The van der Waals surface area contributed by atoms with Gasteiger partial charge in [0.05, 0.1) is 18.8 Å². The van der Waals surface area contributed by atoms with Crippen molar-refractivity contribution < 1.29 is 14.2 Å². The van der Waals surface area contributed by atoms with Gasteiger partial charge in [-0.25, -0.2) is 0 Å². The Kier molecular flexibility index (Phi) is 8.40. The quantitative estimate of drug-likeness (QED) is 0.499. The van der Waals surface area contributed by atoms with Crippen LogP contribution in [0.1, 0.15) is 27.7 Å². The molecule has 0 unspecified atom stereocenters. The smallest absolute Gasteiger partial charge is 0.108 e. The summed E-state index contributed by atoms with van der Waals surface area (Å²) in [5.41, 5.74) is -0.121. The minimum atomic E-state index is -0.121. The molecule has 0 rings (SSSR count). The van der Waals surface area contributed by atoms with Gasteiger partial charge in [0.1, 0.15) is 13.2 Å². The molecule has 0 aromatic rings. The number of rotatable bonds is 6. The van der Waals surface area contributed by atoms with Crippen molar-refractivity contribution in [2.75, 3.05) is 33.0 Å². The van der Waals surface area contributed by atoms with Gasteiger partial charge in [-0.1, -0.05) is 11.8 Å². The highest BCUT2D eigenvalue weighted by molar-refractivity contribution is 4.99. The van der Waals surface area contributed by atoms with Crippen molar-refractivity contribution in [2.24, 2.45) is 0 Å². The Balaban J connectivity index is 3.25. The second-order valence-corrected chi connectivity index (χ2v) is 4.00. The van der Waals surface area contributed by atoms with E-state index in [1.807, 2.05) is 27.7 Å². The molecule has 0 N–H and O–H groups in total. The molecule has 3 heteroatoms. The molecule has 88 valence electrons. The molecule has 0 aromatic carbocycles. The van der Waals surface area contributed by atoms with Gasteiger partial charge < -0.3 is 14.2 Å². The van der Waals surface area contributed by atoms with Crippen molar-refractivity contribution in [3.05, 3.63) is 0 Å². The molecule has 0 bridgehead atoms. The van der Waals surface area contributed by atoms with Gasteiger partial charge in [0.2, 0.25) is 0 Å². The van der Waals surface area contributed by atoms with Gasteiger partial charge in [-0.05, 0) is 27.7 Å². The third-order valence-electron chi connectivity index (χ3n) is 1.45. The van der Waals surface area contributed by atoms with Gasteiger partial charge in [0.25, 0.3) is 0 Å². The molecule has 0 radical (unpaired) electrons. The highest BCUT2D eigenvalue weighted by atomic mass is 16.5. The van der Waals surface area contributed by atoms with Crippen molar-refractivity contribution in [1.29, 1.82) is 0 Å². The van der Waals surface area contributed by atoms with Crippen molar-refractivity contribution in [3.8, 4) is 11.8 Å². The standard InChI is InChI=1S/C12H22O3/c1-5-13-10-11-14-8-6-7-9-15-12(2,3)4/h5,8-11H2,1-4H3. The molecule has 0 heterocycles. The summed E-state index contributed by atoms with van der Waals surface area (Å²) in [6, 6.07) is 0. The summed E-state index contributed by atoms with van der Waals surface area (Å²) >= 11 is 0. The topological polar surface area (TPSA) is 27.7 Å². The summed E-state index contributed by atoms with van der Waals surface area (Å²) < 4.78 is 15.7. The number of hydrogen-bond acceptors (Lipinski definition) is 3. The maximum Gasteiger partial charge on any atom is 0.108 e. The molecule has 0 aliphatic rings. The summed E-state index contributed by atoms with van der Waals surface area (Å²) in [5.74, 6) is 5.78. The van der Waals surface area contributed by atoms with Gasteiger partial charge in [-0.2, -0.15) is 0 Å². The third kappa shape index (κ3) is 13.4. The van der Waals surface area contributed by atoms with Crippen LogP contribution < -0.4 is 0 Å². The van der Waals surface area contributed by atoms with Crippen LogP contribution in [0.5, 0.6) is 0 Å². The van der Waals surface area contributed by atoms with E-state index in [0.29, 0.717) is 26.4 Å². The lowest BCUT2D eigenvalue weighted by Crippen LogP contribution is -2.19. The van der Waals surface area contributed by atoms with Gasteiger partial charge >= 0.3 is 0 Å². The van der Waals surface area contributed by atoms with Crippen LogP contribution in [0, 0.1) is 11.8 Å². The van der Waals surface area contributed by atoms with Gasteiger partial charge in [0.15, 0.2) is 0 Å². The monoisotopic (exact) mass is 214 g/mol. The number of ether oxygens (including phenoxy) is 3. The van der Waals surface area contributed by atoms with Crippen LogP contribution in [0.4, 0.5) is 0 Å². The Hall–Kier alpha value is -0.560. The van der Waals surface area contributed by atoms with E-state index < -0.39 is 0 Å². The first kappa shape index (κ1) is 14.4. The zero-order valence-electron chi connectivity index (χ0n) is 10.3. The van der Waals surface area contributed by atoms with Gasteiger partial charge in [-0.3, -0.25) is 0 Å². The molecule has 3 nitrogen and oxygen atoms in total. The zero-order chi connectivity index (χ0) is 11.6. The Morgan fingerprint density at radius 2 is 1.53 bits per heavy atom. The van der Waals surface area contributed by atoms with Crippen LogP contribution in [-0.4, -0.2) is 38.6 Å². The molecular formula is C12H22O3. The third-order valence-corrected chi connectivity index (χ3v) is 1.45. The molecule has 0 aromatic heterocycles. The lowest BCUT2D eigenvalue weighted by atomic mass is 10.2. The highest BCUT2D eigenvalue weighted by Gasteiger charge is 2.07. The lowest BCUT2D eigenvalue weighted by Gasteiger charge is -2.16. The zero-order valence-corrected chi connectivity index (χ0v) is 10.3. The maximum absolute atomic E-state index is 5.42. The highest BCUT2D eigenvalue weighted by Crippen LogP contribution is 2.04. The van der Waals surface area contributed by atoms with E-state index >= 15 is 0 Å². The molecule has 0 amide bonds. The van der Waals surface area contributed by atoms with E-state index in [1.165, 1.54) is 0 Å². The summed E-state index contributed by atoms with van der Waals surface area (Å²) in [4.78, 5) is 0. The predicted molar refractivity (Wildman–Crippen MR) is 60.8 cm³/mol. The van der Waals surface area contributed by atoms with E-state index in [2.05, 4.69) is 11.8 Å². The fourth-order valence-electron chi connectivity index (χ4n) is 0.740. The molecule has 0 saturated heterocycles. The summed E-state index contributed by atoms with van der Waals surface area (Å²) in [7, 11) is 0. The van der Waals surface area contributed by atoms with E-state index in [1.54, 1.807) is 0 Å². The average Bonchev–Trinajstić information content (AvgIpc) is 2.14. The Morgan fingerprint density at radius 1 is 0.933 bits per heavy atom. The Bertz CT molecular complexity index is 195. The second-order valence-electron chi connectivity index (χ2n) is 4.00. The number of hydrogen-bond donors (Lipinski definition) is 0. The minimum absolute atomic E-state index is 0.121. The summed E-state index contributed by atoms with van der Waals surface area (Å²) in [6.45, 7) is 10.9. The van der Waals surface area contributed by atoms with E-state index in [0.717, 1.165) is 6.61 Å². The molecule has 15 heavy (non-hydrogen) atoms. The summed E-state index contributed by atoms with van der Waals surface area (Å²) in [6.07, 6.45) is 0. The minimum Gasteiger partial charge on any atom is -0.379 e. The lowest BCUT2D eigenvalue weighted by molar-refractivity contribution is 0.0179. The fraction of sp³-hybridized carbons (Fsp3) is 0.833. The van der Waals surface area contributed by atoms with Crippen LogP contribution in [-0.2, 0) is 14.2 Å². The maximum atomic E-state index is 5.42. The largest absolute Gasteiger partial charge is 0.379 e. The van der Waals surface area contributed by atoms with Gasteiger partial charge in [-0.15, -0.1) is 0 Å². The molecular weight excluding hydrogens is 192 g/mol. The SMILES string of the molecule is CCOCCOCC#CCOC(C)(C)C. The van der Waals surface area contributed by atoms with Crippen LogP contribution in [0.3, 0.4) is 0 Å². The first-order valence-corrected chi connectivity index (χ1v) is 5.31. The molecule has 0 aliphatic heterocycles. The van der Waals surface area contributed by atoms with E-state index in [9.17, 15) is 0 Å². The van der Waals surface area contributed by atoms with E-state index in [-0.39, 0.29) is 5.60 Å². The second kappa shape index (κ2) is 8.72. The Labute approximate surface area is 93.1 Å². The van der Waals surface area contributed by atoms with Crippen molar-refractivity contribution in [3.63, 3.8) is 0 Å². The molecule has 0 atom stereocenters. The molecule has 0 spiro atoms. The van der Waals surface area contributed by atoms with Crippen molar-refractivity contribution in [1.82, 2.24) is 0 Å². The van der Waals surface area contributed by atoms with Crippen LogP contribution in [0.15, 0.2) is 0 Å². The first-order valence-electron chi connectivity index (χ1n) is 5.31. The predicted octanol–water partition coefficient (Wildman–Crippen LogP) is 1.86. The van der Waals surface area contributed by atoms with Crippen LogP contribution in [0.25, 0.3) is 0 Å². The van der Waals surface area contributed by atoms with Crippen LogP contribution >= 0.6 is 0 Å². The fourth-order valence-corrected chi connectivity index (χ4v) is 0.740. The van der Waals surface area contributed by atoms with E-state index in [4.69, 9.17) is 14.2 Å². The van der Waals surface area contributed by atoms with Crippen LogP contribution in [0.2, 0.25) is 0 Å². The summed E-state index contributed by atoms with van der Waals surface area (Å²) in [5, 5.41) is 0.